The van der Waals surface area contributed by atoms with Crippen molar-refractivity contribution in [1.82, 2.24) is 5.32 Å². The van der Waals surface area contributed by atoms with Crippen molar-refractivity contribution in [3.63, 3.8) is 0 Å². The van der Waals surface area contributed by atoms with Crippen LogP contribution < -0.4 is 15.0 Å². The zero-order valence-corrected chi connectivity index (χ0v) is 16.4. The molecule has 1 aromatic carbocycles. The Morgan fingerprint density at radius 1 is 1.38 bits per heavy atom. The van der Waals surface area contributed by atoms with E-state index in [9.17, 15) is 4.79 Å². The molecule has 0 unspecified atom stereocenters. The number of rotatable bonds is 7. The quantitative estimate of drug-likeness (QED) is 0.752. The van der Waals surface area contributed by atoms with Crippen molar-refractivity contribution in [2.24, 2.45) is 0 Å². The average Bonchev–Trinajstić information content (AvgIpc) is 3.18. The zero-order chi connectivity index (χ0) is 18.4. The molecule has 0 bridgehead atoms. The van der Waals surface area contributed by atoms with E-state index in [1.807, 2.05) is 13.0 Å². The summed E-state index contributed by atoms with van der Waals surface area (Å²) in [4.78, 5) is 15.0. The Morgan fingerprint density at radius 2 is 2.19 bits per heavy atom. The number of ether oxygens (including phenoxy) is 2. The summed E-state index contributed by atoms with van der Waals surface area (Å²) in [5.74, 6) is 0.530. The Labute approximate surface area is 162 Å². The maximum absolute atomic E-state index is 12.2. The first-order chi connectivity index (χ1) is 12.6. The fourth-order valence-electron chi connectivity index (χ4n) is 3.04. The van der Waals surface area contributed by atoms with Gasteiger partial charge in [-0.15, -0.1) is 11.3 Å². The SMILES string of the molecule is Cc1cc(OCC(=O)NC[C@@H](c2cccs2)[NH+]2CCOCC2)ccc1Cl. The van der Waals surface area contributed by atoms with Gasteiger partial charge in [-0.1, -0.05) is 17.7 Å². The molecule has 7 heteroatoms. The number of benzene rings is 1. The van der Waals surface area contributed by atoms with Crippen LogP contribution in [0, 0.1) is 6.92 Å². The van der Waals surface area contributed by atoms with Crippen LogP contribution in [0.5, 0.6) is 5.75 Å². The number of carbonyl (C=O) groups excluding carboxylic acids is 1. The highest BCUT2D eigenvalue weighted by molar-refractivity contribution is 7.10. The van der Waals surface area contributed by atoms with Crippen LogP contribution in [0.2, 0.25) is 5.02 Å². The molecule has 5 nitrogen and oxygen atoms in total. The molecule has 1 aliphatic rings. The molecule has 0 radical (unpaired) electrons. The third-order valence-corrected chi connectivity index (χ3v) is 5.93. The molecule has 1 fully saturated rings. The largest absolute Gasteiger partial charge is 0.484 e. The Morgan fingerprint density at radius 3 is 2.88 bits per heavy atom. The van der Waals surface area contributed by atoms with E-state index in [4.69, 9.17) is 21.1 Å². The Hall–Kier alpha value is -1.60. The van der Waals surface area contributed by atoms with Crippen molar-refractivity contribution in [3.05, 3.63) is 51.2 Å². The first-order valence-electron chi connectivity index (χ1n) is 8.75. The molecule has 2 aromatic rings. The van der Waals surface area contributed by atoms with E-state index in [1.165, 1.54) is 9.78 Å². The minimum atomic E-state index is -0.119. The van der Waals surface area contributed by atoms with E-state index in [2.05, 4.69) is 22.8 Å². The van der Waals surface area contributed by atoms with Gasteiger partial charge >= 0.3 is 0 Å². The van der Waals surface area contributed by atoms with Crippen molar-refractivity contribution in [1.29, 1.82) is 0 Å². The van der Waals surface area contributed by atoms with E-state index in [0.29, 0.717) is 17.3 Å². The second-order valence-corrected chi connectivity index (χ2v) is 7.73. The molecule has 1 atom stereocenters. The van der Waals surface area contributed by atoms with Crippen LogP contribution in [-0.2, 0) is 9.53 Å². The number of quaternary nitrogens is 1. The van der Waals surface area contributed by atoms with E-state index in [0.717, 1.165) is 31.9 Å². The molecule has 1 aliphatic heterocycles. The van der Waals surface area contributed by atoms with Gasteiger partial charge in [-0.25, -0.2) is 0 Å². The highest BCUT2D eigenvalue weighted by Crippen LogP contribution is 2.21. The number of amides is 1. The molecular weight excluding hydrogens is 372 g/mol. The number of nitrogens with one attached hydrogen (secondary N) is 2. The van der Waals surface area contributed by atoms with Gasteiger partial charge in [0.1, 0.15) is 24.9 Å². The van der Waals surface area contributed by atoms with Crippen molar-refractivity contribution in [2.75, 3.05) is 39.5 Å². The minimum Gasteiger partial charge on any atom is -0.484 e. The second-order valence-electron chi connectivity index (χ2n) is 6.34. The highest BCUT2D eigenvalue weighted by atomic mass is 35.5. The lowest BCUT2D eigenvalue weighted by molar-refractivity contribution is -0.937. The van der Waals surface area contributed by atoms with Gasteiger partial charge < -0.3 is 19.7 Å². The summed E-state index contributed by atoms with van der Waals surface area (Å²) in [5, 5.41) is 5.79. The van der Waals surface area contributed by atoms with Gasteiger partial charge in [0.15, 0.2) is 6.61 Å². The molecular formula is C19H24ClN2O3S+. The van der Waals surface area contributed by atoms with Gasteiger partial charge in [0.05, 0.1) is 24.6 Å². The number of aryl methyl sites for hydroxylation is 1. The Balaban J connectivity index is 1.52. The average molecular weight is 396 g/mol. The lowest BCUT2D eigenvalue weighted by atomic mass is 10.2. The number of halogens is 1. The number of thiophene rings is 1. The highest BCUT2D eigenvalue weighted by Gasteiger charge is 2.27. The Bertz CT molecular complexity index is 718. The summed E-state index contributed by atoms with van der Waals surface area (Å²) in [5.41, 5.74) is 0.929. The van der Waals surface area contributed by atoms with Crippen LogP contribution in [0.15, 0.2) is 35.7 Å². The molecule has 26 heavy (non-hydrogen) atoms. The number of hydrogen-bond acceptors (Lipinski definition) is 4. The number of hydrogen-bond donors (Lipinski definition) is 2. The van der Waals surface area contributed by atoms with Crippen LogP contribution in [0.4, 0.5) is 0 Å². The van der Waals surface area contributed by atoms with E-state index in [-0.39, 0.29) is 18.6 Å². The first-order valence-corrected chi connectivity index (χ1v) is 10.0. The van der Waals surface area contributed by atoms with E-state index < -0.39 is 0 Å². The Kier molecular flexibility index (Phi) is 6.91. The molecule has 3 rings (SSSR count). The molecule has 1 saturated heterocycles. The van der Waals surface area contributed by atoms with Gasteiger partial charge in [0.25, 0.3) is 5.91 Å². The normalized spacial score (nSPS) is 16.2. The number of morpholine rings is 1. The summed E-state index contributed by atoms with van der Waals surface area (Å²) in [7, 11) is 0. The first kappa shape index (κ1) is 19.2. The van der Waals surface area contributed by atoms with Gasteiger partial charge in [0.2, 0.25) is 0 Å². The predicted octanol–water partition coefficient (Wildman–Crippen LogP) is 1.86. The fraction of sp³-hybridized carbons (Fsp3) is 0.421. The molecule has 1 aromatic heterocycles. The van der Waals surface area contributed by atoms with Gasteiger partial charge in [0, 0.05) is 5.02 Å². The number of carbonyl (C=O) groups is 1. The van der Waals surface area contributed by atoms with E-state index in [1.54, 1.807) is 23.5 Å². The van der Waals surface area contributed by atoms with Gasteiger partial charge in [-0.2, -0.15) is 0 Å². The van der Waals surface area contributed by atoms with Crippen LogP contribution in [0.1, 0.15) is 16.5 Å². The van der Waals surface area contributed by atoms with Crippen LogP contribution >= 0.6 is 22.9 Å². The third kappa shape index (κ3) is 5.20. The van der Waals surface area contributed by atoms with Gasteiger partial charge in [-0.3, -0.25) is 4.79 Å². The summed E-state index contributed by atoms with van der Waals surface area (Å²) in [6.07, 6.45) is 0. The maximum atomic E-state index is 12.2. The van der Waals surface area contributed by atoms with Crippen molar-refractivity contribution in [2.45, 2.75) is 13.0 Å². The van der Waals surface area contributed by atoms with Crippen LogP contribution in [0.3, 0.4) is 0 Å². The zero-order valence-electron chi connectivity index (χ0n) is 14.8. The van der Waals surface area contributed by atoms with Crippen molar-refractivity contribution >= 4 is 28.8 Å². The van der Waals surface area contributed by atoms with Crippen molar-refractivity contribution in [3.8, 4) is 5.75 Å². The molecule has 2 heterocycles. The predicted molar refractivity (Wildman–Crippen MR) is 103 cm³/mol. The molecule has 1 amide bonds. The lowest BCUT2D eigenvalue weighted by Gasteiger charge is -2.31. The topological polar surface area (TPSA) is 52.0 Å². The summed E-state index contributed by atoms with van der Waals surface area (Å²) in [6.45, 7) is 5.95. The lowest BCUT2D eigenvalue weighted by Crippen LogP contribution is -3.15. The molecule has 0 aliphatic carbocycles. The molecule has 140 valence electrons. The third-order valence-electron chi connectivity index (χ3n) is 4.52. The van der Waals surface area contributed by atoms with Crippen molar-refractivity contribution < 1.29 is 19.2 Å². The smallest absolute Gasteiger partial charge is 0.258 e. The summed E-state index contributed by atoms with van der Waals surface area (Å²) in [6, 6.07) is 9.83. The van der Waals surface area contributed by atoms with Crippen LogP contribution in [-0.4, -0.2) is 45.4 Å². The maximum Gasteiger partial charge on any atom is 0.258 e. The monoisotopic (exact) mass is 395 g/mol. The standard InChI is InChI=1S/C19H23ClN2O3S/c1-14-11-15(4-5-16(14)20)25-13-19(23)21-12-17(18-3-2-10-26-18)22-6-8-24-9-7-22/h2-5,10-11,17H,6-9,12-13H2,1H3,(H,21,23)/p+1/t17-/m0/s1. The van der Waals surface area contributed by atoms with Crippen LogP contribution in [0.25, 0.3) is 0 Å². The molecule has 0 saturated carbocycles. The molecule has 0 spiro atoms. The van der Waals surface area contributed by atoms with Gasteiger partial charge in [-0.05, 0) is 42.1 Å². The summed E-state index contributed by atoms with van der Waals surface area (Å²) < 4.78 is 11.0. The second kappa shape index (κ2) is 9.37. The minimum absolute atomic E-state index is 0.00330. The molecule has 2 N–H and O–H groups in total. The fourth-order valence-corrected chi connectivity index (χ4v) is 4.04. The van der Waals surface area contributed by atoms with E-state index >= 15 is 0 Å². The summed E-state index contributed by atoms with van der Waals surface area (Å²) >= 11 is 7.74.